The van der Waals surface area contributed by atoms with Crippen LogP contribution in [-0.4, -0.2) is 48.5 Å². The normalized spacial score (nSPS) is 15.5. The number of anilines is 1. The van der Waals surface area contributed by atoms with Crippen LogP contribution in [0.15, 0.2) is 36.7 Å². The van der Waals surface area contributed by atoms with E-state index in [9.17, 15) is 21.6 Å². The molecule has 0 unspecified atom stereocenters. The van der Waals surface area contributed by atoms with Crippen LogP contribution in [0.1, 0.15) is 29.7 Å². The molecule has 0 saturated heterocycles. The number of fused-ring (bicyclic) bond motifs is 1. The lowest BCUT2D eigenvalue weighted by molar-refractivity contribution is 0.146. The molecule has 174 valence electrons. The summed E-state index contributed by atoms with van der Waals surface area (Å²) in [6.45, 7) is 0.233. The minimum Gasteiger partial charge on any atom is -0.479 e. The van der Waals surface area contributed by atoms with Crippen LogP contribution in [0.5, 0.6) is 5.88 Å². The number of rotatable bonds is 7. The lowest BCUT2D eigenvalue weighted by atomic mass is 10.1. The van der Waals surface area contributed by atoms with E-state index in [1.807, 2.05) is 0 Å². The van der Waals surface area contributed by atoms with Gasteiger partial charge in [-0.2, -0.15) is 0 Å². The van der Waals surface area contributed by atoms with Gasteiger partial charge in [0, 0.05) is 6.54 Å². The third-order valence-electron chi connectivity index (χ3n) is 5.41. The van der Waals surface area contributed by atoms with E-state index in [0.717, 1.165) is 11.6 Å². The van der Waals surface area contributed by atoms with Gasteiger partial charge in [0.1, 0.15) is 23.5 Å². The Kier molecular flexibility index (Phi) is 6.50. The maximum atomic E-state index is 14.3. The van der Waals surface area contributed by atoms with E-state index in [1.165, 1.54) is 25.6 Å². The average molecular weight is 478 g/mol. The van der Waals surface area contributed by atoms with Crippen molar-refractivity contribution in [3.05, 3.63) is 59.3 Å². The maximum Gasteiger partial charge on any atom is 0.266 e. The second-order valence-corrected chi connectivity index (χ2v) is 9.76. The molecule has 0 fully saturated rings. The molecule has 1 aliphatic rings. The van der Waals surface area contributed by atoms with Gasteiger partial charge in [0.15, 0.2) is 9.84 Å². The summed E-state index contributed by atoms with van der Waals surface area (Å²) in [6.07, 6.45) is 0.586. The van der Waals surface area contributed by atoms with Gasteiger partial charge >= 0.3 is 0 Å². The van der Waals surface area contributed by atoms with Gasteiger partial charge in [-0.3, -0.25) is 0 Å². The van der Waals surface area contributed by atoms with E-state index in [1.54, 1.807) is 12.1 Å². The van der Waals surface area contributed by atoms with Gasteiger partial charge in [0.25, 0.3) is 6.43 Å². The summed E-state index contributed by atoms with van der Waals surface area (Å²) in [5.74, 6) is -0.214. The zero-order chi connectivity index (χ0) is 23.6. The van der Waals surface area contributed by atoms with E-state index in [2.05, 4.69) is 20.3 Å². The fraction of sp³-hybridized carbons (Fsp3) is 0.318. The Morgan fingerprint density at radius 3 is 2.76 bits per heavy atom. The molecule has 0 bridgehead atoms. The molecular formula is C22H21F3N4O3S. The summed E-state index contributed by atoms with van der Waals surface area (Å²) in [6, 6.07) is 5.69. The Balaban J connectivity index is 1.62. The summed E-state index contributed by atoms with van der Waals surface area (Å²) in [4.78, 5) is 13.0. The first-order valence-electron chi connectivity index (χ1n) is 10.2. The smallest absolute Gasteiger partial charge is 0.266 e. The highest BCUT2D eigenvalue weighted by Crippen LogP contribution is 2.31. The molecule has 1 N–H and O–H groups in total. The number of nitrogens with zero attached hydrogens (tertiary/aromatic N) is 3. The zero-order valence-electron chi connectivity index (χ0n) is 17.7. The molecule has 1 aromatic carbocycles. The summed E-state index contributed by atoms with van der Waals surface area (Å²) in [7, 11) is -1.63. The number of benzene rings is 1. The third-order valence-corrected chi connectivity index (χ3v) is 6.91. The zero-order valence-corrected chi connectivity index (χ0v) is 18.5. The number of ether oxygens (including phenoxy) is 1. The van der Waals surface area contributed by atoms with Gasteiger partial charge in [-0.1, -0.05) is 24.3 Å². The molecule has 0 amide bonds. The number of alkyl halides is 2. The van der Waals surface area contributed by atoms with Crippen LogP contribution >= 0.6 is 0 Å². The fourth-order valence-electron chi connectivity index (χ4n) is 3.67. The van der Waals surface area contributed by atoms with Crippen LogP contribution in [0.2, 0.25) is 0 Å². The molecule has 3 heterocycles. The van der Waals surface area contributed by atoms with E-state index >= 15 is 0 Å². The second kappa shape index (κ2) is 9.34. The van der Waals surface area contributed by atoms with Gasteiger partial charge in [-0.25, -0.2) is 36.5 Å². The number of allylic oxidation sites excluding steroid dienone is 1. The van der Waals surface area contributed by atoms with Crippen LogP contribution in [0.4, 0.5) is 19.0 Å². The van der Waals surface area contributed by atoms with Gasteiger partial charge in [0.2, 0.25) is 5.88 Å². The van der Waals surface area contributed by atoms with Crippen LogP contribution < -0.4 is 10.1 Å². The van der Waals surface area contributed by atoms with Gasteiger partial charge in [-0.15, -0.1) is 0 Å². The monoisotopic (exact) mass is 478 g/mol. The SMILES string of the molecule is COc1nc(C2=CCS(=O)(=O)CC2)cc2c(NCCc3cccc(C(F)F)c3F)ncnc12. The van der Waals surface area contributed by atoms with Crippen molar-refractivity contribution in [3.8, 4) is 5.88 Å². The molecule has 4 rings (SSSR count). The number of aromatic nitrogens is 3. The summed E-state index contributed by atoms with van der Waals surface area (Å²) < 4.78 is 69.1. The minimum atomic E-state index is -3.09. The molecule has 0 aliphatic carbocycles. The highest BCUT2D eigenvalue weighted by molar-refractivity contribution is 7.91. The molecule has 33 heavy (non-hydrogen) atoms. The lowest BCUT2D eigenvalue weighted by Crippen LogP contribution is -2.15. The number of sulfone groups is 1. The van der Waals surface area contributed by atoms with Gasteiger partial charge in [-0.05, 0) is 30.0 Å². The van der Waals surface area contributed by atoms with Crippen molar-refractivity contribution in [2.24, 2.45) is 0 Å². The van der Waals surface area contributed by atoms with Crippen molar-refractivity contribution in [3.63, 3.8) is 0 Å². The largest absolute Gasteiger partial charge is 0.479 e. The van der Waals surface area contributed by atoms with Crippen LogP contribution in [0.3, 0.4) is 0 Å². The minimum absolute atomic E-state index is 0.0422. The molecule has 0 saturated carbocycles. The first-order chi connectivity index (χ1) is 15.8. The Morgan fingerprint density at radius 2 is 2.06 bits per heavy atom. The van der Waals surface area contributed by atoms with E-state index in [-0.39, 0.29) is 35.9 Å². The number of halogens is 3. The molecule has 7 nitrogen and oxygen atoms in total. The predicted octanol–water partition coefficient (Wildman–Crippen LogP) is 3.97. The lowest BCUT2D eigenvalue weighted by Gasteiger charge is -2.16. The molecule has 11 heteroatoms. The van der Waals surface area contributed by atoms with Crippen molar-refractivity contribution < 1.29 is 26.3 Å². The van der Waals surface area contributed by atoms with Crippen molar-refractivity contribution in [1.82, 2.24) is 15.0 Å². The van der Waals surface area contributed by atoms with E-state index in [4.69, 9.17) is 4.74 Å². The summed E-state index contributed by atoms with van der Waals surface area (Å²) in [5.41, 5.74) is 1.34. The van der Waals surface area contributed by atoms with Crippen molar-refractivity contribution in [2.45, 2.75) is 19.3 Å². The van der Waals surface area contributed by atoms with Crippen LogP contribution in [-0.2, 0) is 16.3 Å². The Hall–Kier alpha value is -3.21. The van der Waals surface area contributed by atoms with Crippen molar-refractivity contribution in [1.29, 1.82) is 0 Å². The average Bonchev–Trinajstić information content (AvgIpc) is 2.79. The number of nitrogens with one attached hydrogen (secondary N) is 1. The second-order valence-electron chi connectivity index (χ2n) is 7.53. The Labute approximate surface area is 188 Å². The van der Waals surface area contributed by atoms with Crippen LogP contribution in [0.25, 0.3) is 16.5 Å². The van der Waals surface area contributed by atoms with Crippen LogP contribution in [0, 0.1) is 5.82 Å². The third kappa shape index (κ3) is 4.92. The molecular weight excluding hydrogens is 457 g/mol. The van der Waals surface area contributed by atoms with Crippen molar-refractivity contribution in [2.75, 3.05) is 30.5 Å². The quantitative estimate of drug-likeness (QED) is 0.549. The standard InChI is InChI=1S/C22H21F3N4O3S/c1-32-22-19-16(11-17(29-22)13-6-9-33(30,31)10-7-13)21(28-12-27-19)26-8-5-14-3-2-4-15(18(14)23)20(24)25/h2-4,6,11-12,20H,5,7-10H2,1H3,(H,26,27,28). The maximum absolute atomic E-state index is 14.3. The molecule has 3 aromatic rings. The molecule has 0 spiro atoms. The molecule has 0 radical (unpaired) electrons. The number of pyridine rings is 1. The van der Waals surface area contributed by atoms with E-state index < -0.39 is 27.6 Å². The fourth-order valence-corrected chi connectivity index (χ4v) is 4.82. The number of methoxy groups -OCH3 is 1. The predicted molar refractivity (Wildman–Crippen MR) is 119 cm³/mol. The Bertz CT molecular complexity index is 1330. The first-order valence-corrected chi connectivity index (χ1v) is 12.0. The Morgan fingerprint density at radius 1 is 1.24 bits per heavy atom. The van der Waals surface area contributed by atoms with E-state index in [0.29, 0.717) is 28.8 Å². The molecule has 1 aliphatic heterocycles. The molecule has 0 atom stereocenters. The van der Waals surface area contributed by atoms with Crippen molar-refractivity contribution >= 4 is 32.1 Å². The highest BCUT2D eigenvalue weighted by Gasteiger charge is 2.21. The van der Waals surface area contributed by atoms with Gasteiger partial charge < -0.3 is 10.1 Å². The topological polar surface area (TPSA) is 94.1 Å². The summed E-state index contributed by atoms with van der Waals surface area (Å²) >= 11 is 0. The number of hydrogen-bond acceptors (Lipinski definition) is 7. The first kappa shape index (κ1) is 23.0. The number of hydrogen-bond donors (Lipinski definition) is 1. The van der Waals surface area contributed by atoms with Gasteiger partial charge in [0.05, 0.1) is 35.3 Å². The highest BCUT2D eigenvalue weighted by atomic mass is 32.2. The molecule has 2 aromatic heterocycles. The summed E-state index contributed by atoms with van der Waals surface area (Å²) in [5, 5.41) is 3.70.